The van der Waals surface area contributed by atoms with Gasteiger partial charge in [-0.25, -0.2) is 0 Å². The third-order valence-corrected chi connectivity index (χ3v) is 2.43. The zero-order valence-corrected chi connectivity index (χ0v) is 10.5. The van der Waals surface area contributed by atoms with Crippen molar-refractivity contribution in [3.63, 3.8) is 0 Å². The highest BCUT2D eigenvalue weighted by Gasteiger charge is 2.08. The Balaban J connectivity index is 2.58. The van der Waals surface area contributed by atoms with Crippen LogP contribution < -0.4 is 10.6 Å². The number of hydrogen-bond acceptors (Lipinski definition) is 4. The molecule has 0 aromatic heterocycles. The first-order valence-corrected chi connectivity index (χ1v) is 5.80. The van der Waals surface area contributed by atoms with Gasteiger partial charge < -0.3 is 10.6 Å². The number of benzene rings is 1. The van der Waals surface area contributed by atoms with Crippen LogP contribution in [0.1, 0.15) is 18.9 Å². The van der Waals surface area contributed by atoms with E-state index in [1.54, 1.807) is 13.0 Å². The quantitative estimate of drug-likeness (QED) is 0.597. The molecule has 0 aliphatic carbocycles. The summed E-state index contributed by atoms with van der Waals surface area (Å²) in [6, 6.07) is 4.51. The van der Waals surface area contributed by atoms with Gasteiger partial charge in [-0.05, 0) is 25.0 Å². The fourth-order valence-corrected chi connectivity index (χ4v) is 1.46. The summed E-state index contributed by atoms with van der Waals surface area (Å²) in [6.07, 6.45) is 0.891. The molecule has 1 amide bonds. The molecule has 18 heavy (non-hydrogen) atoms. The number of carbonyl (C=O) groups excluding carboxylic acids is 1. The smallest absolute Gasteiger partial charge is 0.269 e. The molecule has 0 heterocycles. The Morgan fingerprint density at radius 3 is 2.72 bits per heavy atom. The minimum Gasteiger partial charge on any atom is -0.376 e. The van der Waals surface area contributed by atoms with Crippen molar-refractivity contribution >= 4 is 17.3 Å². The van der Waals surface area contributed by atoms with E-state index in [-0.39, 0.29) is 18.1 Å². The molecule has 98 valence electrons. The Morgan fingerprint density at radius 2 is 2.17 bits per heavy atom. The van der Waals surface area contributed by atoms with Crippen LogP contribution in [0.15, 0.2) is 18.2 Å². The molecule has 0 saturated carbocycles. The van der Waals surface area contributed by atoms with Crippen LogP contribution in [0, 0.1) is 17.0 Å². The van der Waals surface area contributed by atoms with E-state index in [9.17, 15) is 14.9 Å². The highest BCUT2D eigenvalue weighted by Crippen LogP contribution is 2.20. The van der Waals surface area contributed by atoms with Gasteiger partial charge in [0.15, 0.2) is 0 Å². The molecule has 0 aliphatic heterocycles. The molecule has 0 fully saturated rings. The van der Waals surface area contributed by atoms with Crippen molar-refractivity contribution < 1.29 is 9.72 Å². The maximum absolute atomic E-state index is 11.4. The lowest BCUT2D eigenvalue weighted by Crippen LogP contribution is -2.30. The number of anilines is 1. The molecule has 0 saturated heterocycles. The lowest BCUT2D eigenvalue weighted by molar-refractivity contribution is -0.384. The summed E-state index contributed by atoms with van der Waals surface area (Å²) in [5.74, 6) is -0.0883. The fourth-order valence-electron chi connectivity index (χ4n) is 1.46. The van der Waals surface area contributed by atoms with Crippen molar-refractivity contribution in [2.75, 3.05) is 18.4 Å². The number of nitro benzene ring substituents is 1. The Labute approximate surface area is 106 Å². The van der Waals surface area contributed by atoms with Gasteiger partial charge in [-0.2, -0.15) is 0 Å². The van der Waals surface area contributed by atoms with E-state index in [1.807, 2.05) is 6.92 Å². The molecular formula is C12H17N3O3. The molecule has 0 atom stereocenters. The predicted molar refractivity (Wildman–Crippen MR) is 69.6 cm³/mol. The van der Waals surface area contributed by atoms with E-state index >= 15 is 0 Å². The molecule has 1 aromatic carbocycles. The van der Waals surface area contributed by atoms with Crippen molar-refractivity contribution in [2.24, 2.45) is 0 Å². The fraction of sp³-hybridized carbons (Fsp3) is 0.417. The Morgan fingerprint density at radius 1 is 1.44 bits per heavy atom. The summed E-state index contributed by atoms with van der Waals surface area (Å²) in [5, 5.41) is 16.3. The molecule has 1 aromatic rings. The predicted octanol–water partition coefficient (Wildman–Crippen LogP) is 1.84. The van der Waals surface area contributed by atoms with Crippen LogP contribution in [0.3, 0.4) is 0 Å². The first-order valence-electron chi connectivity index (χ1n) is 5.80. The highest BCUT2D eigenvalue weighted by atomic mass is 16.6. The molecule has 0 spiro atoms. The molecule has 6 nitrogen and oxygen atoms in total. The van der Waals surface area contributed by atoms with Crippen LogP contribution in [0.25, 0.3) is 0 Å². The van der Waals surface area contributed by atoms with Crippen LogP contribution in [-0.4, -0.2) is 23.9 Å². The average molecular weight is 251 g/mol. The third-order valence-electron chi connectivity index (χ3n) is 2.43. The first kappa shape index (κ1) is 14.0. The number of aryl methyl sites for hydroxylation is 1. The molecule has 2 N–H and O–H groups in total. The Kier molecular flexibility index (Phi) is 5.10. The normalized spacial score (nSPS) is 9.89. The van der Waals surface area contributed by atoms with Gasteiger partial charge in [0.05, 0.1) is 11.5 Å². The second-order valence-corrected chi connectivity index (χ2v) is 3.96. The monoisotopic (exact) mass is 251 g/mol. The van der Waals surface area contributed by atoms with E-state index in [2.05, 4.69) is 10.6 Å². The number of amides is 1. The summed E-state index contributed by atoms with van der Waals surface area (Å²) >= 11 is 0. The minimum atomic E-state index is -0.440. The number of nitrogens with zero attached hydrogens (tertiary/aromatic N) is 1. The maximum atomic E-state index is 11.4. The summed E-state index contributed by atoms with van der Waals surface area (Å²) in [6.45, 7) is 4.56. The summed E-state index contributed by atoms with van der Waals surface area (Å²) in [4.78, 5) is 21.5. The molecule has 6 heteroatoms. The Bertz CT molecular complexity index is 446. The van der Waals surface area contributed by atoms with Crippen LogP contribution in [0.5, 0.6) is 0 Å². The van der Waals surface area contributed by atoms with Crippen LogP contribution >= 0.6 is 0 Å². The first-order chi connectivity index (χ1) is 8.54. The molecular weight excluding hydrogens is 234 g/mol. The standard InChI is InChI=1S/C12H17N3O3/c1-3-6-13-12(16)8-14-11-5-4-10(15(17)18)7-9(11)2/h4-5,7,14H,3,6,8H2,1-2H3,(H,13,16). The molecule has 1 rings (SSSR count). The van der Waals surface area contributed by atoms with Gasteiger partial charge in [0.25, 0.3) is 5.69 Å². The number of rotatable bonds is 6. The van der Waals surface area contributed by atoms with E-state index < -0.39 is 4.92 Å². The highest BCUT2D eigenvalue weighted by molar-refractivity contribution is 5.81. The van der Waals surface area contributed by atoms with E-state index in [1.165, 1.54) is 12.1 Å². The largest absolute Gasteiger partial charge is 0.376 e. The van der Waals surface area contributed by atoms with Gasteiger partial charge >= 0.3 is 0 Å². The van der Waals surface area contributed by atoms with Crippen molar-refractivity contribution in [3.05, 3.63) is 33.9 Å². The van der Waals surface area contributed by atoms with Crippen molar-refractivity contribution in [2.45, 2.75) is 20.3 Å². The number of nitro groups is 1. The molecule has 0 unspecified atom stereocenters. The average Bonchev–Trinajstić information content (AvgIpc) is 2.34. The second-order valence-electron chi connectivity index (χ2n) is 3.96. The summed E-state index contributed by atoms with van der Waals surface area (Å²) in [7, 11) is 0. The summed E-state index contributed by atoms with van der Waals surface area (Å²) in [5.41, 5.74) is 1.52. The van der Waals surface area contributed by atoms with E-state index in [0.717, 1.165) is 17.7 Å². The molecule has 0 aliphatic rings. The minimum absolute atomic E-state index is 0.0495. The van der Waals surface area contributed by atoms with Gasteiger partial charge in [0.2, 0.25) is 5.91 Å². The van der Waals surface area contributed by atoms with Gasteiger partial charge in [0, 0.05) is 24.4 Å². The number of carbonyl (C=O) groups is 1. The van der Waals surface area contributed by atoms with Crippen LogP contribution in [0.4, 0.5) is 11.4 Å². The number of non-ortho nitro benzene ring substituents is 1. The SMILES string of the molecule is CCCNC(=O)CNc1ccc([N+](=O)[O-])cc1C. The summed E-state index contributed by atoms with van der Waals surface area (Å²) < 4.78 is 0. The zero-order chi connectivity index (χ0) is 13.5. The van der Waals surface area contributed by atoms with Crippen LogP contribution in [0.2, 0.25) is 0 Å². The van der Waals surface area contributed by atoms with Crippen LogP contribution in [-0.2, 0) is 4.79 Å². The van der Waals surface area contributed by atoms with Gasteiger partial charge in [-0.3, -0.25) is 14.9 Å². The van der Waals surface area contributed by atoms with Crippen molar-refractivity contribution in [1.29, 1.82) is 0 Å². The third kappa shape index (κ3) is 4.04. The number of hydrogen-bond donors (Lipinski definition) is 2. The lowest BCUT2D eigenvalue weighted by atomic mass is 10.2. The van der Waals surface area contributed by atoms with Gasteiger partial charge in [-0.15, -0.1) is 0 Å². The number of nitrogens with one attached hydrogen (secondary N) is 2. The van der Waals surface area contributed by atoms with Crippen molar-refractivity contribution in [1.82, 2.24) is 5.32 Å². The van der Waals surface area contributed by atoms with E-state index in [4.69, 9.17) is 0 Å². The second kappa shape index (κ2) is 6.58. The van der Waals surface area contributed by atoms with E-state index in [0.29, 0.717) is 6.54 Å². The van der Waals surface area contributed by atoms with Gasteiger partial charge in [0.1, 0.15) is 0 Å². The van der Waals surface area contributed by atoms with Gasteiger partial charge in [-0.1, -0.05) is 6.92 Å². The van der Waals surface area contributed by atoms with Crippen molar-refractivity contribution in [3.8, 4) is 0 Å². The lowest BCUT2D eigenvalue weighted by Gasteiger charge is -2.09. The Hall–Kier alpha value is -2.11. The molecule has 0 radical (unpaired) electrons. The zero-order valence-electron chi connectivity index (χ0n) is 10.5. The maximum Gasteiger partial charge on any atom is 0.269 e. The molecule has 0 bridgehead atoms. The topological polar surface area (TPSA) is 84.3 Å².